The molecular weight excluding hydrogens is 250 g/mol. The third-order valence-corrected chi connectivity index (χ3v) is 5.68. The molecule has 1 saturated carbocycles. The minimum absolute atomic E-state index is 0.0268. The average Bonchev–Trinajstić information content (AvgIpc) is 2.51. The molecule has 1 aliphatic heterocycles. The van der Waals surface area contributed by atoms with E-state index in [1.807, 2.05) is 0 Å². The molecule has 1 spiro atoms. The lowest BCUT2D eigenvalue weighted by Crippen LogP contribution is -2.51. The Bertz CT molecular complexity index is 396. The number of imide groups is 1. The van der Waals surface area contributed by atoms with E-state index in [9.17, 15) is 9.59 Å². The summed E-state index contributed by atoms with van der Waals surface area (Å²) in [6.45, 7) is 9.01. The van der Waals surface area contributed by atoms with Crippen molar-refractivity contribution in [3.63, 3.8) is 0 Å². The SMILES string of the molecule is CCC1C(=O)NC(=O)CC12CCCC(C(C)(C)C)CC2. The molecule has 0 radical (unpaired) electrons. The van der Waals surface area contributed by atoms with E-state index in [1.54, 1.807) is 0 Å². The smallest absolute Gasteiger partial charge is 0.230 e. The number of hydrogen-bond donors (Lipinski definition) is 1. The van der Waals surface area contributed by atoms with E-state index in [0.717, 1.165) is 32.1 Å². The molecule has 2 amide bonds. The minimum Gasteiger partial charge on any atom is -0.296 e. The fraction of sp³-hybridized carbons (Fsp3) is 0.882. The molecule has 1 N–H and O–H groups in total. The van der Waals surface area contributed by atoms with Crippen LogP contribution in [0.3, 0.4) is 0 Å². The van der Waals surface area contributed by atoms with E-state index in [1.165, 1.54) is 6.42 Å². The van der Waals surface area contributed by atoms with Gasteiger partial charge in [-0.25, -0.2) is 0 Å². The van der Waals surface area contributed by atoms with Crippen LogP contribution in [0.2, 0.25) is 0 Å². The van der Waals surface area contributed by atoms with Crippen molar-refractivity contribution < 1.29 is 9.59 Å². The fourth-order valence-electron chi connectivity index (χ4n) is 4.43. The van der Waals surface area contributed by atoms with Gasteiger partial charge in [0, 0.05) is 12.3 Å². The van der Waals surface area contributed by atoms with Crippen molar-refractivity contribution in [1.29, 1.82) is 0 Å². The Morgan fingerprint density at radius 3 is 2.50 bits per heavy atom. The van der Waals surface area contributed by atoms with E-state index in [-0.39, 0.29) is 23.1 Å². The fourth-order valence-corrected chi connectivity index (χ4v) is 4.43. The summed E-state index contributed by atoms with van der Waals surface area (Å²) < 4.78 is 0. The van der Waals surface area contributed by atoms with Crippen LogP contribution in [-0.2, 0) is 9.59 Å². The van der Waals surface area contributed by atoms with Crippen LogP contribution < -0.4 is 5.32 Å². The highest BCUT2D eigenvalue weighted by Gasteiger charge is 2.48. The molecule has 114 valence electrons. The van der Waals surface area contributed by atoms with E-state index < -0.39 is 0 Å². The van der Waals surface area contributed by atoms with Crippen molar-refractivity contribution in [1.82, 2.24) is 5.32 Å². The van der Waals surface area contributed by atoms with Crippen molar-refractivity contribution in [2.45, 2.75) is 72.6 Å². The zero-order valence-corrected chi connectivity index (χ0v) is 13.4. The van der Waals surface area contributed by atoms with Gasteiger partial charge >= 0.3 is 0 Å². The molecule has 0 aromatic rings. The lowest BCUT2D eigenvalue weighted by atomic mass is 9.64. The first-order valence-electron chi connectivity index (χ1n) is 8.12. The van der Waals surface area contributed by atoms with E-state index in [0.29, 0.717) is 17.8 Å². The molecule has 3 atom stereocenters. The van der Waals surface area contributed by atoms with Crippen molar-refractivity contribution in [3.8, 4) is 0 Å². The van der Waals surface area contributed by atoms with E-state index >= 15 is 0 Å². The number of piperidine rings is 1. The number of carbonyl (C=O) groups is 2. The molecule has 2 fully saturated rings. The second-order valence-corrected chi connectivity index (χ2v) is 7.91. The summed E-state index contributed by atoms with van der Waals surface area (Å²) in [6, 6.07) is 0. The summed E-state index contributed by atoms with van der Waals surface area (Å²) in [6.07, 6.45) is 7.01. The lowest BCUT2D eigenvalue weighted by Gasteiger charge is -2.42. The first-order chi connectivity index (χ1) is 9.28. The predicted molar refractivity (Wildman–Crippen MR) is 80.0 cm³/mol. The zero-order valence-electron chi connectivity index (χ0n) is 13.4. The molecule has 20 heavy (non-hydrogen) atoms. The van der Waals surface area contributed by atoms with Gasteiger partial charge < -0.3 is 0 Å². The van der Waals surface area contributed by atoms with Gasteiger partial charge in [0.05, 0.1) is 0 Å². The Labute approximate surface area is 122 Å². The predicted octanol–water partition coefficient (Wildman–Crippen LogP) is 3.67. The van der Waals surface area contributed by atoms with Crippen LogP contribution in [0.5, 0.6) is 0 Å². The average molecular weight is 279 g/mol. The molecule has 1 heterocycles. The van der Waals surface area contributed by atoms with Crippen LogP contribution in [-0.4, -0.2) is 11.8 Å². The molecular formula is C17H29NO2. The first-order valence-corrected chi connectivity index (χ1v) is 8.12. The highest BCUT2D eigenvalue weighted by molar-refractivity contribution is 5.99. The Hall–Kier alpha value is -0.860. The van der Waals surface area contributed by atoms with Crippen molar-refractivity contribution in [2.75, 3.05) is 0 Å². The molecule has 2 rings (SSSR count). The van der Waals surface area contributed by atoms with Crippen molar-refractivity contribution in [2.24, 2.45) is 22.7 Å². The molecule has 3 unspecified atom stereocenters. The number of rotatable bonds is 1. The molecule has 1 saturated heterocycles. The maximum atomic E-state index is 12.2. The standard InChI is InChI=1S/C17H29NO2/c1-5-13-15(20)18-14(19)11-17(13)9-6-7-12(8-10-17)16(2,3)4/h12-13H,5-11H2,1-4H3,(H,18,19,20). The van der Waals surface area contributed by atoms with Gasteiger partial charge in [-0.3, -0.25) is 14.9 Å². The van der Waals surface area contributed by atoms with Gasteiger partial charge in [0.25, 0.3) is 0 Å². The van der Waals surface area contributed by atoms with E-state index in [2.05, 4.69) is 33.0 Å². The lowest BCUT2D eigenvalue weighted by molar-refractivity contribution is -0.144. The van der Waals surface area contributed by atoms with Gasteiger partial charge in [0.2, 0.25) is 11.8 Å². The second-order valence-electron chi connectivity index (χ2n) is 7.91. The summed E-state index contributed by atoms with van der Waals surface area (Å²) in [5.74, 6) is 0.644. The Morgan fingerprint density at radius 1 is 1.20 bits per heavy atom. The molecule has 0 aromatic heterocycles. The van der Waals surface area contributed by atoms with Crippen molar-refractivity contribution >= 4 is 11.8 Å². The van der Waals surface area contributed by atoms with Gasteiger partial charge in [0.15, 0.2) is 0 Å². The summed E-state index contributed by atoms with van der Waals surface area (Å²) in [5.41, 5.74) is 0.266. The minimum atomic E-state index is -0.0613. The zero-order chi connectivity index (χ0) is 15.0. The monoisotopic (exact) mass is 279 g/mol. The normalized spacial score (nSPS) is 35.8. The topological polar surface area (TPSA) is 46.2 Å². The Morgan fingerprint density at radius 2 is 1.90 bits per heavy atom. The van der Waals surface area contributed by atoms with Gasteiger partial charge in [-0.05, 0) is 48.9 Å². The molecule has 3 nitrogen and oxygen atoms in total. The van der Waals surface area contributed by atoms with Crippen LogP contribution in [0.4, 0.5) is 0 Å². The summed E-state index contributed by atoms with van der Waals surface area (Å²) in [4.78, 5) is 24.0. The van der Waals surface area contributed by atoms with Gasteiger partial charge in [0.1, 0.15) is 0 Å². The molecule has 1 aliphatic carbocycles. The van der Waals surface area contributed by atoms with Gasteiger partial charge in [-0.2, -0.15) is 0 Å². The largest absolute Gasteiger partial charge is 0.296 e. The number of carbonyl (C=O) groups excluding carboxylic acids is 2. The van der Waals surface area contributed by atoms with Crippen LogP contribution in [0.15, 0.2) is 0 Å². The molecule has 2 aliphatic rings. The van der Waals surface area contributed by atoms with Crippen LogP contribution in [0, 0.1) is 22.7 Å². The number of nitrogens with one attached hydrogen (secondary N) is 1. The van der Waals surface area contributed by atoms with Gasteiger partial charge in [-0.15, -0.1) is 0 Å². The maximum absolute atomic E-state index is 12.2. The molecule has 0 bridgehead atoms. The number of amides is 2. The van der Waals surface area contributed by atoms with Gasteiger partial charge in [-0.1, -0.05) is 34.1 Å². The third-order valence-electron chi connectivity index (χ3n) is 5.68. The van der Waals surface area contributed by atoms with Crippen molar-refractivity contribution in [3.05, 3.63) is 0 Å². The first kappa shape index (κ1) is 15.5. The molecule has 3 heteroatoms. The third kappa shape index (κ3) is 2.91. The quantitative estimate of drug-likeness (QED) is 0.744. The van der Waals surface area contributed by atoms with E-state index in [4.69, 9.17) is 0 Å². The molecule has 0 aromatic carbocycles. The summed E-state index contributed by atoms with van der Waals surface area (Å²) in [7, 11) is 0. The van der Waals surface area contributed by atoms with Crippen LogP contribution in [0.25, 0.3) is 0 Å². The second kappa shape index (κ2) is 5.50. The Balaban J connectivity index is 2.20. The highest BCUT2D eigenvalue weighted by Crippen LogP contribution is 2.50. The number of hydrogen-bond acceptors (Lipinski definition) is 2. The van der Waals surface area contributed by atoms with Crippen LogP contribution in [0.1, 0.15) is 72.6 Å². The summed E-state index contributed by atoms with van der Waals surface area (Å²) in [5, 5.41) is 2.54. The maximum Gasteiger partial charge on any atom is 0.230 e. The summed E-state index contributed by atoms with van der Waals surface area (Å²) >= 11 is 0. The van der Waals surface area contributed by atoms with Crippen LogP contribution >= 0.6 is 0 Å². The Kier molecular flexibility index (Phi) is 4.27. The highest BCUT2D eigenvalue weighted by atomic mass is 16.2.